The third kappa shape index (κ3) is 3.37. The highest BCUT2D eigenvalue weighted by Gasteiger charge is 2.33. The minimum atomic E-state index is -0.267. The Labute approximate surface area is 168 Å². The van der Waals surface area contributed by atoms with Gasteiger partial charge in [-0.1, -0.05) is 12.1 Å². The minimum Gasteiger partial charge on any atom is -0.454 e. The quantitative estimate of drug-likeness (QED) is 0.848. The predicted molar refractivity (Wildman–Crippen MR) is 108 cm³/mol. The molecule has 1 atom stereocenters. The molecule has 0 aliphatic carbocycles. The Kier molecular flexibility index (Phi) is 4.62. The molecular formula is C21H22N4O4. The van der Waals surface area contributed by atoms with E-state index in [0.29, 0.717) is 22.9 Å². The van der Waals surface area contributed by atoms with Crippen LogP contribution < -0.4 is 14.8 Å². The Bertz CT molecular complexity index is 1010. The maximum Gasteiger partial charge on any atom is 0.340 e. The smallest absolute Gasteiger partial charge is 0.340 e. The van der Waals surface area contributed by atoms with Gasteiger partial charge in [-0.3, -0.25) is 4.79 Å². The number of nitrogens with one attached hydrogen (secondary N) is 1. The van der Waals surface area contributed by atoms with Gasteiger partial charge in [-0.2, -0.15) is 5.10 Å². The van der Waals surface area contributed by atoms with Crippen LogP contribution in [0, 0.1) is 0 Å². The summed E-state index contributed by atoms with van der Waals surface area (Å²) >= 11 is 0. The summed E-state index contributed by atoms with van der Waals surface area (Å²) in [4.78, 5) is 25.5. The van der Waals surface area contributed by atoms with Gasteiger partial charge in [-0.25, -0.2) is 9.80 Å². The predicted octanol–water partition coefficient (Wildman–Crippen LogP) is 3.18. The summed E-state index contributed by atoms with van der Waals surface area (Å²) in [5.41, 5.74) is 3.99. The van der Waals surface area contributed by atoms with E-state index >= 15 is 0 Å². The van der Waals surface area contributed by atoms with E-state index < -0.39 is 0 Å². The van der Waals surface area contributed by atoms with Gasteiger partial charge in [0.2, 0.25) is 12.7 Å². The van der Waals surface area contributed by atoms with Crippen LogP contribution in [0.4, 0.5) is 10.5 Å². The topological polar surface area (TPSA) is 83.5 Å². The summed E-state index contributed by atoms with van der Waals surface area (Å²) in [5, 5.41) is 8.91. The lowest BCUT2D eigenvalue weighted by Gasteiger charge is -2.33. The average molecular weight is 394 g/mol. The van der Waals surface area contributed by atoms with E-state index in [4.69, 9.17) is 9.47 Å². The number of rotatable bonds is 2. The highest BCUT2D eigenvalue weighted by molar-refractivity contribution is 6.15. The fourth-order valence-electron chi connectivity index (χ4n) is 3.43. The van der Waals surface area contributed by atoms with Gasteiger partial charge < -0.3 is 19.7 Å². The van der Waals surface area contributed by atoms with Gasteiger partial charge in [-0.05, 0) is 36.8 Å². The number of urea groups is 1. The molecule has 8 heteroatoms. The lowest BCUT2D eigenvalue weighted by atomic mass is 9.91. The Morgan fingerprint density at radius 3 is 2.41 bits per heavy atom. The first-order valence-corrected chi connectivity index (χ1v) is 9.26. The van der Waals surface area contributed by atoms with Crippen LogP contribution in [0.5, 0.6) is 11.5 Å². The molecule has 0 spiro atoms. The molecule has 2 aromatic carbocycles. The third-order valence-electron chi connectivity index (χ3n) is 4.88. The Balaban J connectivity index is 1.82. The van der Waals surface area contributed by atoms with Crippen molar-refractivity contribution in [3.05, 3.63) is 53.1 Å². The summed E-state index contributed by atoms with van der Waals surface area (Å²) in [5.74, 6) is 1.18. The monoisotopic (exact) mass is 394 g/mol. The summed E-state index contributed by atoms with van der Waals surface area (Å²) in [7, 11) is 3.39. The van der Waals surface area contributed by atoms with E-state index in [9.17, 15) is 9.59 Å². The Morgan fingerprint density at radius 1 is 1.14 bits per heavy atom. The number of carbonyl (C=O) groups is 2. The van der Waals surface area contributed by atoms with E-state index in [1.165, 1.54) is 16.8 Å². The van der Waals surface area contributed by atoms with E-state index in [0.717, 1.165) is 16.7 Å². The first-order chi connectivity index (χ1) is 13.8. The van der Waals surface area contributed by atoms with Crippen molar-refractivity contribution in [2.45, 2.75) is 19.9 Å². The lowest BCUT2D eigenvalue weighted by molar-refractivity contribution is -0.114. The van der Waals surface area contributed by atoms with Gasteiger partial charge in [0.25, 0.3) is 0 Å². The van der Waals surface area contributed by atoms with Crippen LogP contribution >= 0.6 is 0 Å². The maximum atomic E-state index is 12.7. The highest BCUT2D eigenvalue weighted by atomic mass is 16.7. The van der Waals surface area contributed by atoms with Gasteiger partial charge >= 0.3 is 6.03 Å². The van der Waals surface area contributed by atoms with Crippen molar-refractivity contribution in [1.82, 2.24) is 9.91 Å². The molecule has 2 aliphatic rings. The molecule has 1 unspecified atom stereocenters. The van der Waals surface area contributed by atoms with Crippen LogP contribution in [-0.2, 0) is 4.79 Å². The second kappa shape index (κ2) is 7.12. The third-order valence-corrected chi connectivity index (χ3v) is 4.88. The lowest BCUT2D eigenvalue weighted by Crippen LogP contribution is -2.40. The first-order valence-electron chi connectivity index (χ1n) is 9.26. The van der Waals surface area contributed by atoms with Crippen LogP contribution in [0.3, 0.4) is 0 Å². The van der Waals surface area contributed by atoms with E-state index in [1.54, 1.807) is 14.1 Å². The fraction of sp³-hybridized carbons (Fsp3) is 0.286. The number of ether oxygens (including phenoxy) is 2. The van der Waals surface area contributed by atoms with Crippen LogP contribution in [0.25, 0.3) is 0 Å². The Morgan fingerprint density at radius 2 is 1.79 bits per heavy atom. The van der Waals surface area contributed by atoms with Crippen molar-refractivity contribution in [2.75, 3.05) is 26.2 Å². The molecule has 150 valence electrons. The molecule has 0 fully saturated rings. The molecule has 8 nitrogen and oxygen atoms in total. The van der Waals surface area contributed by atoms with Crippen molar-refractivity contribution < 1.29 is 19.1 Å². The summed E-state index contributed by atoms with van der Waals surface area (Å²) in [6, 6.07) is 10.7. The van der Waals surface area contributed by atoms with E-state index in [-0.39, 0.29) is 24.8 Å². The van der Waals surface area contributed by atoms with E-state index in [2.05, 4.69) is 10.4 Å². The molecule has 0 bridgehead atoms. The maximum absolute atomic E-state index is 12.7. The van der Waals surface area contributed by atoms with Gasteiger partial charge in [0.05, 0.1) is 11.8 Å². The molecule has 3 amide bonds. The molecule has 2 heterocycles. The van der Waals surface area contributed by atoms with Crippen molar-refractivity contribution in [2.24, 2.45) is 5.10 Å². The second-order valence-electron chi connectivity index (χ2n) is 7.20. The largest absolute Gasteiger partial charge is 0.454 e. The van der Waals surface area contributed by atoms with Crippen LogP contribution in [0.1, 0.15) is 36.6 Å². The van der Waals surface area contributed by atoms with Gasteiger partial charge in [0.15, 0.2) is 11.5 Å². The molecule has 0 aromatic heterocycles. The van der Waals surface area contributed by atoms with Crippen LogP contribution in [-0.4, -0.2) is 48.4 Å². The van der Waals surface area contributed by atoms with E-state index in [1.807, 2.05) is 43.3 Å². The number of hydrogen-bond donors (Lipinski definition) is 1. The van der Waals surface area contributed by atoms with Crippen molar-refractivity contribution in [1.29, 1.82) is 0 Å². The number of amides is 3. The zero-order chi connectivity index (χ0) is 20.7. The molecule has 2 aromatic rings. The molecule has 0 radical (unpaired) electrons. The molecule has 29 heavy (non-hydrogen) atoms. The summed E-state index contributed by atoms with van der Waals surface area (Å²) < 4.78 is 11.1. The van der Waals surface area contributed by atoms with Gasteiger partial charge in [0.1, 0.15) is 0 Å². The molecular weight excluding hydrogens is 372 g/mol. The minimum absolute atomic E-state index is 0.137. The summed E-state index contributed by atoms with van der Waals surface area (Å²) in [6.07, 6.45) is 0. The van der Waals surface area contributed by atoms with Gasteiger partial charge in [0, 0.05) is 37.8 Å². The second-order valence-corrected chi connectivity index (χ2v) is 7.20. The number of benzene rings is 2. The van der Waals surface area contributed by atoms with Crippen molar-refractivity contribution >= 4 is 23.3 Å². The fourth-order valence-corrected chi connectivity index (χ4v) is 3.43. The average Bonchev–Trinajstić information content (AvgIpc) is 3.14. The number of anilines is 1. The zero-order valence-electron chi connectivity index (χ0n) is 16.7. The number of carbonyl (C=O) groups excluding carboxylic acids is 2. The molecule has 1 N–H and O–H groups in total. The van der Waals surface area contributed by atoms with Crippen molar-refractivity contribution in [3.8, 4) is 11.5 Å². The van der Waals surface area contributed by atoms with Crippen LogP contribution in [0.15, 0.2) is 41.5 Å². The normalized spacial score (nSPS) is 16.8. The number of hydrogen-bond acceptors (Lipinski definition) is 5. The first kappa shape index (κ1) is 18.8. The molecule has 0 saturated carbocycles. The number of hydrazone groups is 1. The summed E-state index contributed by atoms with van der Waals surface area (Å²) in [6.45, 7) is 3.57. The highest BCUT2D eigenvalue weighted by Crippen LogP contribution is 2.41. The molecule has 4 rings (SSSR count). The SMILES string of the molecule is CC(=O)Nc1ccc(C2=NN(C(=O)N(C)C)C(C)c3cc4c(cc32)OCO4)cc1. The van der Waals surface area contributed by atoms with Crippen LogP contribution in [0.2, 0.25) is 0 Å². The molecule has 2 aliphatic heterocycles. The molecule has 0 saturated heterocycles. The van der Waals surface area contributed by atoms with Crippen molar-refractivity contribution in [3.63, 3.8) is 0 Å². The standard InChI is InChI=1S/C21H22N4O4/c1-12-16-9-18-19(29-11-28-18)10-17(16)20(23-25(12)21(27)24(3)4)14-5-7-15(8-6-14)22-13(2)26/h5-10,12H,11H2,1-4H3,(H,22,26). The number of nitrogens with zero attached hydrogens (tertiary/aromatic N) is 3. The van der Waals surface area contributed by atoms with Gasteiger partial charge in [-0.15, -0.1) is 0 Å². The zero-order valence-corrected chi connectivity index (χ0v) is 16.7. The Hall–Kier alpha value is -3.55. The number of fused-ring (bicyclic) bond motifs is 2.